The Kier molecular flexibility index (Phi) is 4.30. The number of nitrogens with one attached hydrogen (secondary N) is 1. The topological polar surface area (TPSA) is 28.3 Å². The van der Waals surface area contributed by atoms with Crippen molar-refractivity contribution in [2.24, 2.45) is 5.92 Å². The largest absolute Gasteiger partial charge is 0.493 e. The van der Waals surface area contributed by atoms with Crippen molar-refractivity contribution in [1.82, 2.24) is 9.88 Å². The highest BCUT2D eigenvalue weighted by molar-refractivity contribution is 9.09. The lowest BCUT2D eigenvalue weighted by molar-refractivity contribution is -0.174. The van der Waals surface area contributed by atoms with E-state index in [4.69, 9.17) is 4.74 Å². The molecule has 4 aliphatic rings. The summed E-state index contributed by atoms with van der Waals surface area (Å²) in [5, 5.41) is 2.01. The standard InChI is InChI=1S/C25H26BrFN2O/c1-15-10-20-18-4-2-3-5-22(18)28-23(20)24(29(15)25-12-16(13-25)14-25)19-7-6-17(11-21(19)27)30-9-8-26/h2-7,11,15-16,24,28H,8-10,12-14H2,1H3/t15-,16?,24-,25?/m1/s1. The zero-order valence-corrected chi connectivity index (χ0v) is 18.7. The summed E-state index contributed by atoms with van der Waals surface area (Å²) in [6.45, 7) is 2.85. The second-order valence-electron chi connectivity index (χ2n) is 9.35. The third-order valence-corrected chi connectivity index (χ3v) is 7.86. The lowest BCUT2D eigenvalue weighted by atomic mass is 9.48. The first-order valence-electron chi connectivity index (χ1n) is 11.0. The highest BCUT2D eigenvalue weighted by Crippen LogP contribution is 2.64. The van der Waals surface area contributed by atoms with Crippen molar-refractivity contribution in [2.45, 2.75) is 50.2 Å². The van der Waals surface area contributed by atoms with Crippen LogP contribution in [0.3, 0.4) is 0 Å². The minimum atomic E-state index is -0.178. The number of H-pyrrole nitrogens is 1. The maximum atomic E-state index is 15.5. The van der Waals surface area contributed by atoms with Gasteiger partial charge in [-0.15, -0.1) is 0 Å². The van der Waals surface area contributed by atoms with E-state index in [0.717, 1.165) is 28.7 Å². The summed E-state index contributed by atoms with van der Waals surface area (Å²) >= 11 is 3.36. The summed E-state index contributed by atoms with van der Waals surface area (Å²) < 4.78 is 21.1. The highest BCUT2D eigenvalue weighted by Gasteiger charge is 2.63. The van der Waals surface area contributed by atoms with Gasteiger partial charge >= 0.3 is 0 Å². The molecule has 1 aromatic heterocycles. The number of aromatic nitrogens is 1. The maximum Gasteiger partial charge on any atom is 0.132 e. The van der Waals surface area contributed by atoms with Crippen LogP contribution in [0.25, 0.3) is 10.9 Å². The van der Waals surface area contributed by atoms with Gasteiger partial charge in [0.25, 0.3) is 0 Å². The monoisotopic (exact) mass is 468 g/mol. The summed E-state index contributed by atoms with van der Waals surface area (Å²) in [6.07, 6.45) is 4.79. The van der Waals surface area contributed by atoms with Crippen LogP contribution in [0.15, 0.2) is 42.5 Å². The lowest BCUT2D eigenvalue weighted by Gasteiger charge is -2.70. The van der Waals surface area contributed by atoms with Crippen molar-refractivity contribution in [3.8, 4) is 5.75 Å². The van der Waals surface area contributed by atoms with Gasteiger partial charge in [-0.3, -0.25) is 4.90 Å². The first-order chi connectivity index (χ1) is 14.6. The zero-order valence-electron chi connectivity index (χ0n) is 17.1. The first-order valence-corrected chi connectivity index (χ1v) is 12.1. The Morgan fingerprint density at radius 1 is 1.20 bits per heavy atom. The summed E-state index contributed by atoms with van der Waals surface area (Å²) in [6, 6.07) is 14.2. The van der Waals surface area contributed by atoms with Crippen molar-refractivity contribution in [2.75, 3.05) is 11.9 Å². The second kappa shape index (κ2) is 6.83. The third-order valence-electron chi connectivity index (χ3n) is 7.54. The molecule has 30 heavy (non-hydrogen) atoms. The van der Waals surface area contributed by atoms with E-state index < -0.39 is 0 Å². The molecule has 0 unspecified atom stereocenters. The Morgan fingerprint density at radius 2 is 2.00 bits per heavy atom. The van der Waals surface area contributed by atoms with E-state index >= 15 is 4.39 Å². The van der Waals surface area contributed by atoms with Gasteiger partial charge in [0.1, 0.15) is 11.6 Å². The van der Waals surface area contributed by atoms with Crippen molar-refractivity contribution >= 4 is 26.8 Å². The number of hydrogen-bond donors (Lipinski definition) is 1. The molecule has 5 heteroatoms. The summed E-state index contributed by atoms with van der Waals surface area (Å²) in [7, 11) is 0. The van der Waals surface area contributed by atoms with E-state index in [1.807, 2.05) is 12.1 Å². The SMILES string of the molecule is C[C@@H]1Cc2c([nH]c3ccccc23)[C@@H](c2ccc(OCCBr)cc2F)N1C12CC(C1)C2. The number of benzene rings is 2. The third kappa shape index (κ3) is 2.64. The predicted octanol–water partition coefficient (Wildman–Crippen LogP) is 5.97. The number of nitrogens with zero attached hydrogens (tertiary/aromatic N) is 1. The van der Waals surface area contributed by atoms with E-state index in [1.54, 1.807) is 6.07 Å². The fraction of sp³-hybridized carbons (Fsp3) is 0.440. The Hall–Kier alpha value is -1.85. The average Bonchev–Trinajstić information content (AvgIpc) is 3.03. The molecule has 3 fully saturated rings. The zero-order chi connectivity index (χ0) is 20.5. The molecule has 3 aromatic rings. The normalized spacial score (nSPS) is 29.9. The number of ether oxygens (including phenoxy) is 1. The Balaban J connectivity index is 1.50. The van der Waals surface area contributed by atoms with E-state index in [2.05, 4.69) is 57.0 Å². The molecule has 7 rings (SSSR count). The molecular formula is C25H26BrFN2O. The van der Waals surface area contributed by atoms with E-state index in [-0.39, 0.29) is 17.4 Å². The molecule has 0 amide bonds. The van der Waals surface area contributed by atoms with Crippen molar-refractivity contribution < 1.29 is 9.13 Å². The molecule has 0 radical (unpaired) electrons. The van der Waals surface area contributed by atoms with E-state index in [1.165, 1.54) is 35.9 Å². The predicted molar refractivity (Wildman–Crippen MR) is 121 cm³/mol. The summed E-state index contributed by atoms with van der Waals surface area (Å²) in [5.74, 6) is 1.29. The number of hydrogen-bond acceptors (Lipinski definition) is 2. The number of para-hydroxylation sites is 1. The lowest BCUT2D eigenvalue weighted by Crippen LogP contribution is -2.71. The van der Waals surface area contributed by atoms with Gasteiger partial charge < -0.3 is 9.72 Å². The number of halogens is 2. The first kappa shape index (κ1) is 18.9. The van der Waals surface area contributed by atoms with Crippen molar-refractivity contribution in [1.29, 1.82) is 0 Å². The molecule has 1 aliphatic heterocycles. The van der Waals surface area contributed by atoms with Gasteiger partial charge in [0, 0.05) is 45.1 Å². The molecule has 1 N–H and O–H groups in total. The highest BCUT2D eigenvalue weighted by atomic mass is 79.9. The summed E-state index contributed by atoms with van der Waals surface area (Å²) in [5.41, 5.74) is 4.68. The molecule has 2 bridgehead atoms. The smallest absolute Gasteiger partial charge is 0.132 e. The van der Waals surface area contributed by atoms with Crippen LogP contribution in [-0.2, 0) is 6.42 Å². The second-order valence-corrected chi connectivity index (χ2v) is 10.1. The fourth-order valence-electron chi connectivity index (χ4n) is 6.23. The van der Waals surface area contributed by atoms with Gasteiger partial charge in [-0.2, -0.15) is 0 Å². The molecule has 2 atom stereocenters. The Bertz CT molecular complexity index is 1110. The van der Waals surface area contributed by atoms with Crippen LogP contribution in [0, 0.1) is 11.7 Å². The molecule has 3 saturated carbocycles. The minimum Gasteiger partial charge on any atom is -0.493 e. The number of alkyl halides is 1. The van der Waals surface area contributed by atoms with Crippen LogP contribution < -0.4 is 4.74 Å². The average molecular weight is 469 g/mol. The fourth-order valence-corrected chi connectivity index (χ4v) is 6.39. The number of fused-ring (bicyclic) bond motifs is 3. The van der Waals surface area contributed by atoms with Crippen LogP contribution in [0.4, 0.5) is 4.39 Å². The van der Waals surface area contributed by atoms with Crippen LogP contribution in [-0.4, -0.2) is 33.4 Å². The number of rotatable bonds is 5. The Labute approximate surface area is 184 Å². The van der Waals surface area contributed by atoms with Crippen LogP contribution in [0.1, 0.15) is 49.0 Å². The summed E-state index contributed by atoms with van der Waals surface area (Å²) in [4.78, 5) is 6.32. The Morgan fingerprint density at radius 3 is 2.70 bits per heavy atom. The molecule has 0 spiro atoms. The molecule has 0 saturated heterocycles. The molecule has 2 heterocycles. The molecule has 3 aliphatic carbocycles. The van der Waals surface area contributed by atoms with Gasteiger partial charge in [0.15, 0.2) is 0 Å². The molecular weight excluding hydrogens is 443 g/mol. The maximum absolute atomic E-state index is 15.5. The van der Waals surface area contributed by atoms with Gasteiger partial charge in [-0.05, 0) is 56.2 Å². The molecule has 3 nitrogen and oxygen atoms in total. The van der Waals surface area contributed by atoms with Gasteiger partial charge in [-0.1, -0.05) is 40.2 Å². The van der Waals surface area contributed by atoms with Gasteiger partial charge in [0.2, 0.25) is 0 Å². The number of aromatic amines is 1. The van der Waals surface area contributed by atoms with Gasteiger partial charge in [-0.25, -0.2) is 4.39 Å². The molecule has 2 aromatic carbocycles. The van der Waals surface area contributed by atoms with E-state index in [0.29, 0.717) is 18.4 Å². The van der Waals surface area contributed by atoms with Crippen LogP contribution in [0.2, 0.25) is 0 Å². The van der Waals surface area contributed by atoms with Gasteiger partial charge in [0.05, 0.1) is 12.6 Å². The van der Waals surface area contributed by atoms with Crippen LogP contribution in [0.5, 0.6) is 5.75 Å². The minimum absolute atomic E-state index is 0.0809. The van der Waals surface area contributed by atoms with Crippen molar-refractivity contribution in [3.63, 3.8) is 0 Å². The van der Waals surface area contributed by atoms with E-state index in [9.17, 15) is 0 Å². The quantitative estimate of drug-likeness (QED) is 0.467. The van der Waals surface area contributed by atoms with Crippen molar-refractivity contribution in [3.05, 3.63) is 65.1 Å². The molecule has 156 valence electrons. The van der Waals surface area contributed by atoms with Crippen LogP contribution >= 0.6 is 15.9 Å².